The highest BCUT2D eigenvalue weighted by atomic mass is 32.1. The van der Waals surface area contributed by atoms with E-state index in [9.17, 15) is 0 Å². The van der Waals surface area contributed by atoms with Gasteiger partial charge in [0, 0.05) is 12.2 Å². The van der Waals surface area contributed by atoms with Crippen molar-refractivity contribution in [2.24, 2.45) is 0 Å². The Morgan fingerprint density at radius 1 is 1.42 bits per heavy atom. The first-order chi connectivity index (χ1) is 9.38. The quantitative estimate of drug-likeness (QED) is 0.931. The normalized spacial score (nSPS) is 23.6. The zero-order chi connectivity index (χ0) is 13.1. The first kappa shape index (κ1) is 12.7. The molecule has 0 spiro atoms. The SMILES string of the molecule is CCNC1CCCCC1c1nc(-c2cncs2)no1. The van der Waals surface area contributed by atoms with E-state index in [1.165, 1.54) is 30.6 Å². The summed E-state index contributed by atoms with van der Waals surface area (Å²) in [6.07, 6.45) is 6.62. The van der Waals surface area contributed by atoms with Crippen LogP contribution >= 0.6 is 11.3 Å². The number of aromatic nitrogens is 3. The lowest BCUT2D eigenvalue weighted by molar-refractivity contribution is 0.265. The van der Waals surface area contributed by atoms with Gasteiger partial charge >= 0.3 is 0 Å². The molecule has 1 saturated carbocycles. The maximum absolute atomic E-state index is 5.48. The second-order valence-electron chi connectivity index (χ2n) is 4.88. The molecule has 2 atom stereocenters. The fraction of sp³-hybridized carbons (Fsp3) is 0.615. The summed E-state index contributed by atoms with van der Waals surface area (Å²) in [5.41, 5.74) is 1.79. The fourth-order valence-corrected chi connectivity index (χ4v) is 3.29. The zero-order valence-corrected chi connectivity index (χ0v) is 11.8. The molecule has 5 nitrogen and oxygen atoms in total. The summed E-state index contributed by atoms with van der Waals surface area (Å²) in [5, 5.41) is 7.62. The van der Waals surface area contributed by atoms with Crippen LogP contribution in [-0.2, 0) is 0 Å². The van der Waals surface area contributed by atoms with Crippen LogP contribution in [0.15, 0.2) is 16.2 Å². The van der Waals surface area contributed by atoms with Gasteiger partial charge < -0.3 is 9.84 Å². The third kappa shape index (κ3) is 2.69. The molecule has 0 saturated heterocycles. The minimum absolute atomic E-state index is 0.350. The number of likely N-dealkylation sites (N-methyl/N-ethyl adjacent to an activating group) is 1. The molecule has 0 radical (unpaired) electrons. The van der Waals surface area contributed by atoms with E-state index < -0.39 is 0 Å². The molecule has 0 amide bonds. The summed E-state index contributed by atoms with van der Waals surface area (Å²) in [6.45, 7) is 3.12. The third-order valence-electron chi connectivity index (χ3n) is 3.64. The second kappa shape index (κ2) is 5.79. The second-order valence-corrected chi connectivity index (χ2v) is 5.76. The monoisotopic (exact) mass is 278 g/mol. The highest BCUT2D eigenvalue weighted by molar-refractivity contribution is 7.13. The lowest BCUT2D eigenvalue weighted by Gasteiger charge is -2.29. The first-order valence-corrected chi connectivity index (χ1v) is 7.72. The molecule has 102 valence electrons. The van der Waals surface area contributed by atoms with Crippen LogP contribution in [-0.4, -0.2) is 27.7 Å². The standard InChI is InChI=1S/C13H18N4OS/c1-2-15-10-6-4-3-5-9(10)13-16-12(17-18-13)11-7-14-8-19-11/h7-10,15H,2-6H2,1H3. The highest BCUT2D eigenvalue weighted by Gasteiger charge is 2.30. The Labute approximate surface area is 116 Å². The number of thiazole rings is 1. The van der Waals surface area contributed by atoms with E-state index in [0.717, 1.165) is 23.7 Å². The van der Waals surface area contributed by atoms with Gasteiger partial charge in [-0.25, -0.2) is 0 Å². The van der Waals surface area contributed by atoms with Crippen LogP contribution in [0, 0.1) is 0 Å². The van der Waals surface area contributed by atoms with Crippen LogP contribution in [0.2, 0.25) is 0 Å². The molecule has 0 aliphatic heterocycles. The third-order valence-corrected chi connectivity index (χ3v) is 4.41. The van der Waals surface area contributed by atoms with Crippen LogP contribution in [0.4, 0.5) is 0 Å². The van der Waals surface area contributed by atoms with Crippen LogP contribution in [0.1, 0.15) is 44.4 Å². The Bertz CT molecular complexity index is 508. The van der Waals surface area contributed by atoms with Crippen molar-refractivity contribution in [2.75, 3.05) is 6.54 Å². The van der Waals surface area contributed by atoms with Crippen molar-refractivity contribution >= 4 is 11.3 Å². The van der Waals surface area contributed by atoms with Gasteiger partial charge in [0.05, 0.1) is 16.3 Å². The Balaban J connectivity index is 1.80. The molecule has 2 heterocycles. The highest BCUT2D eigenvalue weighted by Crippen LogP contribution is 2.33. The first-order valence-electron chi connectivity index (χ1n) is 6.84. The molecule has 2 unspecified atom stereocenters. The van der Waals surface area contributed by atoms with Crippen molar-refractivity contribution in [3.05, 3.63) is 17.6 Å². The number of hydrogen-bond donors (Lipinski definition) is 1. The molecule has 1 fully saturated rings. The molecular formula is C13H18N4OS. The summed E-state index contributed by atoms with van der Waals surface area (Å²) < 4.78 is 5.48. The van der Waals surface area contributed by atoms with Crippen molar-refractivity contribution < 1.29 is 4.52 Å². The Kier molecular flexibility index (Phi) is 3.89. The molecule has 1 aliphatic rings. The van der Waals surface area contributed by atoms with Crippen molar-refractivity contribution in [3.8, 4) is 10.7 Å². The Morgan fingerprint density at radius 3 is 3.11 bits per heavy atom. The van der Waals surface area contributed by atoms with E-state index >= 15 is 0 Å². The van der Waals surface area contributed by atoms with Crippen LogP contribution < -0.4 is 5.32 Å². The average Bonchev–Trinajstić information content (AvgIpc) is 3.11. The van der Waals surface area contributed by atoms with E-state index in [0.29, 0.717) is 17.8 Å². The molecular weight excluding hydrogens is 260 g/mol. The maximum Gasteiger partial charge on any atom is 0.231 e. The van der Waals surface area contributed by atoms with Crippen LogP contribution in [0.3, 0.4) is 0 Å². The van der Waals surface area contributed by atoms with Gasteiger partial charge in [-0.2, -0.15) is 4.98 Å². The maximum atomic E-state index is 5.48. The lowest BCUT2D eigenvalue weighted by atomic mass is 9.84. The van der Waals surface area contributed by atoms with Gasteiger partial charge in [-0.05, 0) is 19.4 Å². The Hall–Kier alpha value is -1.27. The summed E-state index contributed by atoms with van der Waals surface area (Å²) in [4.78, 5) is 9.57. The summed E-state index contributed by atoms with van der Waals surface area (Å²) in [5.74, 6) is 1.79. The largest absolute Gasteiger partial charge is 0.339 e. The van der Waals surface area contributed by atoms with E-state index in [1.807, 2.05) is 0 Å². The molecule has 6 heteroatoms. The molecule has 19 heavy (non-hydrogen) atoms. The van der Waals surface area contributed by atoms with Gasteiger partial charge in [0.15, 0.2) is 0 Å². The minimum Gasteiger partial charge on any atom is -0.339 e. The van der Waals surface area contributed by atoms with E-state index in [4.69, 9.17) is 4.52 Å². The molecule has 2 aromatic rings. The van der Waals surface area contributed by atoms with Crippen molar-refractivity contribution in [1.82, 2.24) is 20.4 Å². The fourth-order valence-electron chi connectivity index (χ4n) is 2.75. The van der Waals surface area contributed by atoms with Gasteiger partial charge in [-0.15, -0.1) is 11.3 Å². The summed E-state index contributed by atoms with van der Waals surface area (Å²) in [6, 6.07) is 0.466. The zero-order valence-electron chi connectivity index (χ0n) is 11.0. The topological polar surface area (TPSA) is 63.8 Å². The molecule has 1 aliphatic carbocycles. The van der Waals surface area contributed by atoms with Gasteiger partial charge in [-0.3, -0.25) is 4.98 Å². The van der Waals surface area contributed by atoms with Gasteiger partial charge in [0.2, 0.25) is 11.7 Å². The van der Waals surface area contributed by atoms with E-state index in [1.54, 1.807) is 11.7 Å². The molecule has 1 N–H and O–H groups in total. The number of hydrogen-bond acceptors (Lipinski definition) is 6. The van der Waals surface area contributed by atoms with E-state index in [2.05, 4.69) is 27.4 Å². The predicted molar refractivity (Wildman–Crippen MR) is 74.1 cm³/mol. The number of nitrogens with zero attached hydrogens (tertiary/aromatic N) is 3. The van der Waals surface area contributed by atoms with Crippen LogP contribution in [0.25, 0.3) is 10.7 Å². The lowest BCUT2D eigenvalue weighted by Crippen LogP contribution is -2.37. The minimum atomic E-state index is 0.350. The Morgan fingerprint density at radius 2 is 2.32 bits per heavy atom. The van der Waals surface area contributed by atoms with Gasteiger partial charge in [0.1, 0.15) is 0 Å². The van der Waals surface area contributed by atoms with E-state index in [-0.39, 0.29) is 0 Å². The van der Waals surface area contributed by atoms with Crippen LogP contribution in [0.5, 0.6) is 0 Å². The number of nitrogens with one attached hydrogen (secondary N) is 1. The summed E-state index contributed by atoms with van der Waals surface area (Å²) >= 11 is 1.54. The smallest absolute Gasteiger partial charge is 0.231 e. The van der Waals surface area contributed by atoms with Gasteiger partial charge in [0.25, 0.3) is 0 Å². The average molecular weight is 278 g/mol. The molecule has 0 bridgehead atoms. The molecule has 0 aromatic carbocycles. The van der Waals surface area contributed by atoms with Crippen molar-refractivity contribution in [1.29, 1.82) is 0 Å². The predicted octanol–water partition coefficient (Wildman–Crippen LogP) is 2.83. The van der Waals surface area contributed by atoms with Crippen molar-refractivity contribution in [3.63, 3.8) is 0 Å². The molecule has 3 rings (SSSR count). The van der Waals surface area contributed by atoms with Gasteiger partial charge in [-0.1, -0.05) is 24.9 Å². The van der Waals surface area contributed by atoms with Crippen molar-refractivity contribution in [2.45, 2.75) is 44.6 Å². The number of rotatable bonds is 4. The summed E-state index contributed by atoms with van der Waals surface area (Å²) in [7, 11) is 0. The molecule has 2 aromatic heterocycles.